The van der Waals surface area contributed by atoms with Crippen LogP contribution in [0, 0.1) is 10.1 Å². The van der Waals surface area contributed by atoms with E-state index in [4.69, 9.17) is 0 Å². The maximum atomic E-state index is 12.0. The molecule has 2 aromatic carbocycles. The van der Waals surface area contributed by atoms with E-state index in [1.807, 2.05) is 30.3 Å². The van der Waals surface area contributed by atoms with Crippen LogP contribution in [0.3, 0.4) is 0 Å². The number of anilines is 1. The molecule has 1 atom stereocenters. The molecule has 0 heterocycles. The number of nitro groups is 1. The van der Waals surface area contributed by atoms with Crippen LogP contribution in [0.4, 0.5) is 11.4 Å². The molecule has 0 aliphatic heterocycles. The molecule has 0 aliphatic rings. The van der Waals surface area contributed by atoms with E-state index < -0.39 is 22.3 Å². The Hall–Kier alpha value is -3.26. The second-order valence-electron chi connectivity index (χ2n) is 6.39. The quantitative estimate of drug-likeness (QED) is 0.391. The van der Waals surface area contributed by atoms with E-state index in [1.54, 1.807) is 6.92 Å². The molecule has 0 spiro atoms. The predicted molar refractivity (Wildman–Crippen MR) is 100 cm³/mol. The van der Waals surface area contributed by atoms with Crippen molar-refractivity contribution in [2.45, 2.75) is 25.4 Å². The summed E-state index contributed by atoms with van der Waals surface area (Å²) in [5.74, 6) is -2.02. The fraction of sp³-hybridized carbons (Fsp3) is 0.263. The highest BCUT2D eigenvalue weighted by Crippen LogP contribution is 2.23. The van der Waals surface area contributed by atoms with Gasteiger partial charge in [-0.3, -0.25) is 19.7 Å². The summed E-state index contributed by atoms with van der Waals surface area (Å²) >= 11 is 0. The van der Waals surface area contributed by atoms with Crippen molar-refractivity contribution in [1.82, 2.24) is 5.32 Å². The number of carbonyl (C=O) groups excluding carboxylic acids is 2. The standard InChI is InChI=1S/C19H21N3O5/c1-19(25,12-11-14-7-3-2-4-8-14)13-20-17(23)18(24)21-15-9-5-6-10-16(15)22(26)27/h2-10,25H,11-13H2,1H3,(H,20,23)(H,21,24). The number of hydrogen-bond donors (Lipinski definition) is 3. The molecule has 0 saturated heterocycles. The Morgan fingerprint density at radius 3 is 2.37 bits per heavy atom. The van der Waals surface area contributed by atoms with Gasteiger partial charge in [-0.05, 0) is 31.4 Å². The van der Waals surface area contributed by atoms with E-state index in [1.165, 1.54) is 24.3 Å². The number of rotatable bonds is 7. The monoisotopic (exact) mass is 371 g/mol. The van der Waals surface area contributed by atoms with Crippen molar-refractivity contribution in [2.24, 2.45) is 0 Å². The molecule has 2 amide bonds. The molecular weight excluding hydrogens is 350 g/mol. The third kappa shape index (κ3) is 6.19. The van der Waals surface area contributed by atoms with Gasteiger partial charge in [0.05, 0.1) is 10.5 Å². The lowest BCUT2D eigenvalue weighted by Crippen LogP contribution is -2.44. The molecule has 8 nitrogen and oxygen atoms in total. The van der Waals surface area contributed by atoms with Crippen LogP contribution >= 0.6 is 0 Å². The number of hydrogen-bond acceptors (Lipinski definition) is 5. The van der Waals surface area contributed by atoms with Gasteiger partial charge in [0.25, 0.3) is 5.69 Å². The van der Waals surface area contributed by atoms with Gasteiger partial charge < -0.3 is 15.7 Å². The van der Waals surface area contributed by atoms with Crippen molar-refractivity contribution in [2.75, 3.05) is 11.9 Å². The molecule has 0 aliphatic carbocycles. The smallest absolute Gasteiger partial charge is 0.313 e. The Morgan fingerprint density at radius 1 is 1.07 bits per heavy atom. The lowest BCUT2D eigenvalue weighted by Gasteiger charge is -2.23. The maximum absolute atomic E-state index is 12.0. The molecule has 0 bridgehead atoms. The largest absolute Gasteiger partial charge is 0.388 e. The van der Waals surface area contributed by atoms with Crippen LogP contribution in [0.5, 0.6) is 0 Å². The molecule has 142 valence electrons. The predicted octanol–water partition coefficient (Wildman–Crippen LogP) is 2.03. The van der Waals surface area contributed by atoms with Crippen molar-refractivity contribution < 1.29 is 19.6 Å². The van der Waals surface area contributed by atoms with Crippen LogP contribution in [0.15, 0.2) is 54.6 Å². The van der Waals surface area contributed by atoms with Crippen molar-refractivity contribution in [1.29, 1.82) is 0 Å². The summed E-state index contributed by atoms with van der Waals surface area (Å²) in [4.78, 5) is 34.2. The number of carbonyl (C=O) groups is 2. The van der Waals surface area contributed by atoms with Gasteiger partial charge in [0, 0.05) is 12.6 Å². The molecule has 3 N–H and O–H groups in total. The summed E-state index contributed by atoms with van der Waals surface area (Å²) < 4.78 is 0. The number of nitrogens with zero attached hydrogens (tertiary/aromatic N) is 1. The summed E-state index contributed by atoms with van der Waals surface area (Å²) in [6, 6.07) is 15.1. The van der Waals surface area contributed by atoms with Crippen LogP contribution in [0.1, 0.15) is 18.9 Å². The second kappa shape index (κ2) is 8.91. The van der Waals surface area contributed by atoms with Gasteiger partial charge in [-0.2, -0.15) is 0 Å². The Balaban J connectivity index is 1.87. The highest BCUT2D eigenvalue weighted by molar-refractivity contribution is 6.39. The molecule has 27 heavy (non-hydrogen) atoms. The second-order valence-corrected chi connectivity index (χ2v) is 6.39. The van der Waals surface area contributed by atoms with E-state index in [0.29, 0.717) is 12.8 Å². The SMILES string of the molecule is CC(O)(CCc1ccccc1)CNC(=O)C(=O)Nc1ccccc1[N+](=O)[O-]. The Labute approximate surface area is 156 Å². The maximum Gasteiger partial charge on any atom is 0.313 e. The van der Waals surface area contributed by atoms with E-state index >= 15 is 0 Å². The first-order chi connectivity index (χ1) is 12.8. The van der Waals surface area contributed by atoms with Gasteiger partial charge >= 0.3 is 11.8 Å². The first-order valence-corrected chi connectivity index (χ1v) is 8.37. The van der Waals surface area contributed by atoms with Crippen LogP contribution in [-0.4, -0.2) is 34.0 Å². The zero-order chi connectivity index (χ0) is 19.9. The first-order valence-electron chi connectivity index (χ1n) is 8.37. The van der Waals surface area contributed by atoms with Gasteiger partial charge in [0.1, 0.15) is 5.69 Å². The summed E-state index contributed by atoms with van der Waals surface area (Å²) in [7, 11) is 0. The van der Waals surface area contributed by atoms with Crippen LogP contribution in [0.2, 0.25) is 0 Å². The molecule has 8 heteroatoms. The van der Waals surface area contributed by atoms with Crippen LogP contribution in [0.25, 0.3) is 0 Å². The summed E-state index contributed by atoms with van der Waals surface area (Å²) in [5, 5.41) is 25.9. The van der Waals surface area contributed by atoms with E-state index in [2.05, 4.69) is 10.6 Å². The zero-order valence-corrected chi connectivity index (χ0v) is 14.8. The number of aryl methyl sites for hydroxylation is 1. The molecule has 2 rings (SSSR count). The normalized spacial score (nSPS) is 12.7. The highest BCUT2D eigenvalue weighted by atomic mass is 16.6. The Morgan fingerprint density at radius 2 is 1.70 bits per heavy atom. The summed E-state index contributed by atoms with van der Waals surface area (Å²) in [6.07, 6.45) is 1.01. The van der Waals surface area contributed by atoms with E-state index in [-0.39, 0.29) is 17.9 Å². The molecular formula is C19H21N3O5. The van der Waals surface area contributed by atoms with Gasteiger partial charge in [0.15, 0.2) is 0 Å². The molecule has 1 unspecified atom stereocenters. The molecule has 2 aromatic rings. The van der Waals surface area contributed by atoms with Gasteiger partial charge in [0.2, 0.25) is 0 Å². The minimum Gasteiger partial charge on any atom is -0.388 e. The van der Waals surface area contributed by atoms with Crippen molar-refractivity contribution in [3.63, 3.8) is 0 Å². The van der Waals surface area contributed by atoms with Crippen molar-refractivity contribution in [3.8, 4) is 0 Å². The third-order valence-corrected chi connectivity index (χ3v) is 3.98. The Bertz CT molecular complexity index is 821. The van der Waals surface area contributed by atoms with Crippen molar-refractivity contribution in [3.05, 3.63) is 70.3 Å². The fourth-order valence-electron chi connectivity index (χ4n) is 2.42. The number of benzene rings is 2. The molecule has 0 radical (unpaired) electrons. The number of nitro benzene ring substituents is 1. The van der Waals surface area contributed by atoms with Gasteiger partial charge in [-0.1, -0.05) is 42.5 Å². The molecule has 0 fully saturated rings. The minimum absolute atomic E-state index is 0.0708. The van der Waals surface area contributed by atoms with E-state index in [0.717, 1.165) is 5.56 Å². The first kappa shape index (κ1) is 20.1. The molecule has 0 saturated carbocycles. The lowest BCUT2D eigenvalue weighted by atomic mass is 9.97. The number of para-hydroxylation sites is 2. The zero-order valence-electron chi connectivity index (χ0n) is 14.8. The average molecular weight is 371 g/mol. The van der Waals surface area contributed by atoms with Gasteiger partial charge in [-0.15, -0.1) is 0 Å². The lowest BCUT2D eigenvalue weighted by molar-refractivity contribution is -0.383. The topological polar surface area (TPSA) is 122 Å². The third-order valence-electron chi connectivity index (χ3n) is 3.98. The number of aliphatic hydroxyl groups is 1. The van der Waals surface area contributed by atoms with Crippen molar-refractivity contribution >= 4 is 23.2 Å². The average Bonchev–Trinajstić information content (AvgIpc) is 2.65. The summed E-state index contributed by atoms with van der Waals surface area (Å²) in [5.41, 5.74) is -0.532. The Kier molecular flexibility index (Phi) is 6.62. The number of amides is 2. The minimum atomic E-state index is -1.20. The summed E-state index contributed by atoms with van der Waals surface area (Å²) in [6.45, 7) is 1.44. The van der Waals surface area contributed by atoms with Crippen LogP contribution in [-0.2, 0) is 16.0 Å². The van der Waals surface area contributed by atoms with Gasteiger partial charge in [-0.25, -0.2) is 0 Å². The highest BCUT2D eigenvalue weighted by Gasteiger charge is 2.24. The molecule has 0 aromatic heterocycles. The fourth-order valence-corrected chi connectivity index (χ4v) is 2.42. The number of nitrogens with one attached hydrogen (secondary N) is 2. The van der Waals surface area contributed by atoms with Crippen LogP contribution < -0.4 is 10.6 Å². The van der Waals surface area contributed by atoms with E-state index in [9.17, 15) is 24.8 Å².